The van der Waals surface area contributed by atoms with Gasteiger partial charge < -0.3 is 21.3 Å². The van der Waals surface area contributed by atoms with Crippen molar-refractivity contribution in [2.45, 2.75) is 19.0 Å². The molecule has 5 rings (SSSR count). The summed E-state index contributed by atoms with van der Waals surface area (Å²) >= 11 is 6.13. The standard InChI is InChI=1S/C21H26ClN7/c22-16-5-3-15(4-6-16)21-18(11-28-8-7-24-19(12-28)26-13-23)29-10-17(14-1-2-14)25-9-20(29)27-21/h3-6,10,13-14,20,25,27H,1-2,7-9,11-12H2,(H2,23,24,26). The molecule has 1 saturated carbocycles. The Labute approximate surface area is 176 Å². The summed E-state index contributed by atoms with van der Waals surface area (Å²) in [5.41, 5.74) is 10.5. The highest BCUT2D eigenvalue weighted by Gasteiger charge is 2.37. The number of halogens is 1. The summed E-state index contributed by atoms with van der Waals surface area (Å²) in [7, 11) is 0. The van der Waals surface area contributed by atoms with Gasteiger partial charge in [0.15, 0.2) is 0 Å². The molecule has 0 saturated heterocycles. The lowest BCUT2D eigenvalue weighted by atomic mass is 10.1. The topological polar surface area (TPSA) is 81.3 Å². The molecule has 29 heavy (non-hydrogen) atoms. The van der Waals surface area contributed by atoms with Crippen LogP contribution in [0.2, 0.25) is 5.02 Å². The fourth-order valence-corrected chi connectivity index (χ4v) is 4.33. The van der Waals surface area contributed by atoms with E-state index < -0.39 is 0 Å². The van der Waals surface area contributed by atoms with Gasteiger partial charge in [-0.25, -0.2) is 4.99 Å². The fourth-order valence-electron chi connectivity index (χ4n) is 4.20. The molecule has 0 aromatic heterocycles. The number of fused-ring (bicyclic) bond motifs is 1. The molecule has 0 spiro atoms. The van der Waals surface area contributed by atoms with E-state index in [1.54, 1.807) is 0 Å². The molecule has 8 heteroatoms. The lowest BCUT2D eigenvalue weighted by Crippen LogP contribution is -2.48. The Bertz CT molecular complexity index is 898. The highest BCUT2D eigenvalue weighted by molar-refractivity contribution is 6.30. The number of nitrogens with one attached hydrogen (secondary N) is 2. The molecule has 1 unspecified atom stereocenters. The van der Waals surface area contributed by atoms with E-state index in [0.29, 0.717) is 12.5 Å². The van der Waals surface area contributed by atoms with Crippen molar-refractivity contribution in [1.82, 2.24) is 20.4 Å². The first kappa shape index (κ1) is 18.5. The second kappa shape index (κ2) is 7.72. The summed E-state index contributed by atoms with van der Waals surface area (Å²) in [6.45, 7) is 4.10. The third kappa shape index (κ3) is 3.84. The van der Waals surface area contributed by atoms with Crippen LogP contribution in [0.4, 0.5) is 0 Å². The van der Waals surface area contributed by atoms with Crippen LogP contribution in [0.1, 0.15) is 18.4 Å². The largest absolute Gasteiger partial charge is 0.390 e. The smallest absolute Gasteiger partial charge is 0.139 e. The quantitative estimate of drug-likeness (QED) is 0.520. The van der Waals surface area contributed by atoms with Crippen LogP contribution < -0.4 is 16.4 Å². The number of hydrogen-bond donors (Lipinski definition) is 3. The first-order valence-corrected chi connectivity index (χ1v) is 10.6. The van der Waals surface area contributed by atoms with Crippen LogP contribution in [0.5, 0.6) is 0 Å². The van der Waals surface area contributed by atoms with Crippen molar-refractivity contribution in [3.05, 3.63) is 52.4 Å². The number of hydrogen-bond acceptors (Lipinski definition) is 6. The van der Waals surface area contributed by atoms with E-state index in [4.69, 9.17) is 17.3 Å². The maximum absolute atomic E-state index is 6.13. The molecule has 0 radical (unpaired) electrons. The van der Waals surface area contributed by atoms with Crippen LogP contribution in [0.3, 0.4) is 0 Å². The van der Waals surface area contributed by atoms with Gasteiger partial charge in [-0.15, -0.1) is 0 Å². The van der Waals surface area contributed by atoms with E-state index in [-0.39, 0.29) is 6.17 Å². The van der Waals surface area contributed by atoms with Crippen molar-refractivity contribution < 1.29 is 0 Å². The summed E-state index contributed by atoms with van der Waals surface area (Å²) in [4.78, 5) is 13.5. The SMILES string of the molecule is NC=NC1=NCCN(CC2=C(c3ccc(Cl)cc3)NC3CNC(C4CC4)=CN23)C1. The molecule has 1 fully saturated rings. The van der Waals surface area contributed by atoms with Crippen molar-refractivity contribution in [2.24, 2.45) is 21.6 Å². The number of allylic oxidation sites excluding steroid dienone is 1. The molecule has 0 bridgehead atoms. The average molecular weight is 412 g/mol. The van der Waals surface area contributed by atoms with Crippen LogP contribution in [-0.2, 0) is 0 Å². The Balaban J connectivity index is 1.47. The van der Waals surface area contributed by atoms with Gasteiger partial charge >= 0.3 is 0 Å². The predicted octanol–water partition coefficient (Wildman–Crippen LogP) is 1.80. The first-order chi connectivity index (χ1) is 14.2. The minimum atomic E-state index is 0.221. The normalized spacial score (nSPS) is 24.9. The van der Waals surface area contributed by atoms with Crippen LogP contribution in [0, 0.1) is 5.92 Å². The van der Waals surface area contributed by atoms with Crippen molar-refractivity contribution in [3.63, 3.8) is 0 Å². The van der Waals surface area contributed by atoms with E-state index in [1.807, 2.05) is 12.1 Å². The Morgan fingerprint density at radius 3 is 2.86 bits per heavy atom. The van der Waals surface area contributed by atoms with Crippen molar-refractivity contribution in [3.8, 4) is 0 Å². The van der Waals surface area contributed by atoms with E-state index in [1.165, 1.54) is 36.3 Å². The number of aliphatic imine (C=N–C) groups is 2. The molecule has 1 aliphatic carbocycles. The van der Waals surface area contributed by atoms with Gasteiger partial charge in [0.05, 0.1) is 37.4 Å². The van der Waals surface area contributed by atoms with Crippen molar-refractivity contribution in [2.75, 3.05) is 32.7 Å². The molecule has 1 aromatic rings. The van der Waals surface area contributed by atoms with Crippen molar-refractivity contribution >= 4 is 29.5 Å². The minimum absolute atomic E-state index is 0.221. The van der Waals surface area contributed by atoms with E-state index in [9.17, 15) is 0 Å². The zero-order valence-corrected chi connectivity index (χ0v) is 17.1. The molecule has 3 aliphatic heterocycles. The summed E-state index contributed by atoms with van der Waals surface area (Å²) < 4.78 is 0. The summed E-state index contributed by atoms with van der Waals surface area (Å²) in [6, 6.07) is 8.07. The van der Waals surface area contributed by atoms with Crippen LogP contribution in [-0.4, -0.2) is 60.9 Å². The number of rotatable bonds is 4. The highest BCUT2D eigenvalue weighted by atomic mass is 35.5. The molecule has 4 aliphatic rings. The van der Waals surface area contributed by atoms with Gasteiger partial charge in [-0.05, 0) is 30.5 Å². The van der Waals surface area contributed by atoms with Crippen LogP contribution in [0.15, 0.2) is 51.8 Å². The van der Waals surface area contributed by atoms with E-state index in [2.05, 4.69) is 48.8 Å². The van der Waals surface area contributed by atoms with Gasteiger partial charge in [-0.2, -0.15) is 0 Å². The van der Waals surface area contributed by atoms with Gasteiger partial charge in [0.2, 0.25) is 0 Å². The Hall–Kier alpha value is -2.51. The summed E-state index contributed by atoms with van der Waals surface area (Å²) in [5, 5.41) is 8.11. The third-order valence-corrected chi connectivity index (χ3v) is 6.10. The minimum Gasteiger partial charge on any atom is -0.390 e. The Morgan fingerprint density at radius 1 is 1.28 bits per heavy atom. The molecule has 3 heterocycles. The van der Waals surface area contributed by atoms with Crippen molar-refractivity contribution in [1.29, 1.82) is 0 Å². The molecule has 7 nitrogen and oxygen atoms in total. The lowest BCUT2D eigenvalue weighted by molar-refractivity contribution is 0.263. The molecule has 0 amide bonds. The number of amidine groups is 1. The van der Waals surface area contributed by atoms with Crippen LogP contribution >= 0.6 is 11.6 Å². The molecular formula is C21H26ClN7. The average Bonchev–Trinajstić information content (AvgIpc) is 3.52. The monoisotopic (exact) mass is 411 g/mol. The third-order valence-electron chi connectivity index (χ3n) is 5.85. The molecule has 4 N–H and O–H groups in total. The summed E-state index contributed by atoms with van der Waals surface area (Å²) in [5.74, 6) is 1.49. The van der Waals surface area contributed by atoms with E-state index in [0.717, 1.165) is 42.6 Å². The Kier molecular flexibility index (Phi) is 4.93. The van der Waals surface area contributed by atoms with Gasteiger partial charge in [0, 0.05) is 35.9 Å². The number of nitrogens with two attached hydrogens (primary N) is 1. The molecule has 1 aromatic carbocycles. The van der Waals surface area contributed by atoms with Gasteiger partial charge in [-0.3, -0.25) is 9.89 Å². The lowest BCUT2D eigenvalue weighted by Gasteiger charge is -2.34. The van der Waals surface area contributed by atoms with Crippen LogP contribution in [0.25, 0.3) is 5.70 Å². The first-order valence-electron chi connectivity index (χ1n) is 10.2. The van der Waals surface area contributed by atoms with E-state index >= 15 is 0 Å². The maximum Gasteiger partial charge on any atom is 0.139 e. The second-order valence-electron chi connectivity index (χ2n) is 7.92. The molecular weight excluding hydrogens is 386 g/mol. The Morgan fingerprint density at radius 2 is 2.10 bits per heavy atom. The maximum atomic E-state index is 6.13. The summed E-state index contributed by atoms with van der Waals surface area (Å²) in [6.07, 6.45) is 6.44. The molecule has 1 atom stereocenters. The predicted molar refractivity (Wildman–Crippen MR) is 117 cm³/mol. The van der Waals surface area contributed by atoms with Gasteiger partial charge in [0.25, 0.3) is 0 Å². The van der Waals surface area contributed by atoms with Gasteiger partial charge in [0.1, 0.15) is 12.0 Å². The zero-order valence-electron chi connectivity index (χ0n) is 16.3. The zero-order chi connectivity index (χ0) is 19.8. The number of nitrogens with zero attached hydrogens (tertiary/aromatic N) is 4. The second-order valence-corrected chi connectivity index (χ2v) is 8.36. The number of benzene rings is 1. The van der Waals surface area contributed by atoms with Gasteiger partial charge in [-0.1, -0.05) is 23.7 Å². The molecule has 152 valence electrons. The fraction of sp³-hybridized carbons (Fsp3) is 0.429. The highest BCUT2D eigenvalue weighted by Crippen LogP contribution is 2.39.